The lowest BCUT2D eigenvalue weighted by atomic mass is 10.1. The van der Waals surface area contributed by atoms with Gasteiger partial charge in [-0.25, -0.2) is 4.79 Å². The molecule has 0 spiro atoms. The van der Waals surface area contributed by atoms with Gasteiger partial charge in [0.2, 0.25) is 0 Å². The summed E-state index contributed by atoms with van der Waals surface area (Å²) in [5.41, 5.74) is -0.471. The lowest BCUT2D eigenvalue weighted by molar-refractivity contribution is 0.00776. The van der Waals surface area contributed by atoms with Gasteiger partial charge in [0.15, 0.2) is 0 Å². The highest BCUT2D eigenvalue weighted by Gasteiger charge is 2.28. The van der Waals surface area contributed by atoms with E-state index < -0.39 is 5.60 Å². The molecule has 1 aliphatic rings. The maximum atomic E-state index is 12.1. The van der Waals surface area contributed by atoms with Crippen LogP contribution in [0.4, 0.5) is 4.79 Å². The number of nitrogens with zero attached hydrogens (tertiary/aromatic N) is 1. The topological polar surface area (TPSA) is 38.8 Å². The first-order valence-corrected chi connectivity index (χ1v) is 7.61. The third kappa shape index (κ3) is 5.12. The first kappa shape index (κ1) is 16.0. The quantitative estimate of drug-likeness (QED) is 0.824. The van der Waals surface area contributed by atoms with Crippen LogP contribution in [0, 0.1) is 0 Å². The Kier molecular flexibility index (Phi) is 4.99. The van der Waals surface area contributed by atoms with E-state index in [2.05, 4.69) is 0 Å². The average Bonchev–Trinajstić information content (AvgIpc) is 2.40. The van der Waals surface area contributed by atoms with Crippen molar-refractivity contribution in [2.24, 2.45) is 0 Å². The van der Waals surface area contributed by atoms with Crippen LogP contribution in [-0.4, -0.2) is 35.8 Å². The maximum Gasteiger partial charge on any atom is 0.410 e. The summed E-state index contributed by atoms with van der Waals surface area (Å²) in [5, 5.41) is 0.682. The average molecular weight is 312 g/mol. The second kappa shape index (κ2) is 6.56. The monoisotopic (exact) mass is 311 g/mol. The first-order chi connectivity index (χ1) is 9.83. The molecule has 0 bridgehead atoms. The lowest BCUT2D eigenvalue weighted by Gasteiger charge is -2.34. The standard InChI is InChI=1S/C16H22ClNO3/c1-16(2,3)21-15(19)18-10-4-5-14(11-18)20-13-8-6-12(17)7-9-13/h6-9,14H,4-5,10-11H2,1-3H3/t14-/m1/s1. The molecule has 2 rings (SSSR count). The van der Waals surface area contributed by atoms with Crippen molar-refractivity contribution in [3.63, 3.8) is 0 Å². The van der Waals surface area contributed by atoms with Gasteiger partial charge in [-0.2, -0.15) is 0 Å². The van der Waals surface area contributed by atoms with E-state index >= 15 is 0 Å². The molecule has 1 heterocycles. The van der Waals surface area contributed by atoms with Crippen molar-refractivity contribution in [1.29, 1.82) is 0 Å². The minimum Gasteiger partial charge on any atom is -0.489 e. The van der Waals surface area contributed by atoms with E-state index in [0.29, 0.717) is 11.6 Å². The van der Waals surface area contributed by atoms with Gasteiger partial charge in [-0.05, 0) is 57.9 Å². The van der Waals surface area contributed by atoms with Gasteiger partial charge in [-0.3, -0.25) is 0 Å². The fourth-order valence-electron chi connectivity index (χ4n) is 2.23. The van der Waals surface area contributed by atoms with E-state index in [9.17, 15) is 4.79 Å². The Bertz CT molecular complexity index is 481. The zero-order chi connectivity index (χ0) is 15.5. The fourth-order valence-corrected chi connectivity index (χ4v) is 2.36. The van der Waals surface area contributed by atoms with E-state index in [-0.39, 0.29) is 12.2 Å². The van der Waals surface area contributed by atoms with Gasteiger partial charge < -0.3 is 14.4 Å². The summed E-state index contributed by atoms with van der Waals surface area (Å²) < 4.78 is 11.3. The Labute approximate surface area is 131 Å². The number of benzene rings is 1. The summed E-state index contributed by atoms with van der Waals surface area (Å²) in [6.07, 6.45) is 1.57. The molecule has 4 nitrogen and oxygen atoms in total. The summed E-state index contributed by atoms with van der Waals surface area (Å²) >= 11 is 5.86. The molecule has 116 valence electrons. The van der Waals surface area contributed by atoms with Crippen molar-refractivity contribution in [1.82, 2.24) is 4.90 Å². The van der Waals surface area contributed by atoms with Crippen LogP contribution in [-0.2, 0) is 4.74 Å². The van der Waals surface area contributed by atoms with E-state index in [0.717, 1.165) is 25.1 Å². The van der Waals surface area contributed by atoms with Crippen LogP contribution in [0.3, 0.4) is 0 Å². The number of hydrogen-bond donors (Lipinski definition) is 0. The molecule has 1 saturated heterocycles. The third-order valence-corrected chi connectivity index (χ3v) is 3.40. The Morgan fingerprint density at radius 1 is 1.29 bits per heavy atom. The smallest absolute Gasteiger partial charge is 0.410 e. The van der Waals surface area contributed by atoms with Crippen molar-refractivity contribution in [2.75, 3.05) is 13.1 Å². The molecular formula is C16H22ClNO3. The lowest BCUT2D eigenvalue weighted by Crippen LogP contribution is -2.46. The molecule has 5 heteroatoms. The fraction of sp³-hybridized carbons (Fsp3) is 0.562. The van der Waals surface area contributed by atoms with Gasteiger partial charge in [0, 0.05) is 11.6 Å². The van der Waals surface area contributed by atoms with E-state index in [1.807, 2.05) is 32.9 Å². The van der Waals surface area contributed by atoms with Gasteiger partial charge in [-0.1, -0.05) is 11.6 Å². The van der Waals surface area contributed by atoms with Crippen molar-refractivity contribution in [2.45, 2.75) is 45.3 Å². The predicted molar refractivity (Wildman–Crippen MR) is 82.9 cm³/mol. The Hall–Kier alpha value is -1.42. The van der Waals surface area contributed by atoms with Crippen LogP contribution < -0.4 is 4.74 Å². The number of amides is 1. The predicted octanol–water partition coefficient (Wildman–Crippen LogP) is 4.12. The van der Waals surface area contributed by atoms with E-state index in [4.69, 9.17) is 21.1 Å². The number of rotatable bonds is 2. The van der Waals surface area contributed by atoms with Crippen LogP contribution in [0.15, 0.2) is 24.3 Å². The molecule has 1 aromatic carbocycles. The summed E-state index contributed by atoms with van der Waals surface area (Å²) in [6, 6.07) is 7.28. The molecule has 0 radical (unpaired) electrons. The van der Waals surface area contributed by atoms with Crippen molar-refractivity contribution < 1.29 is 14.3 Å². The van der Waals surface area contributed by atoms with Crippen LogP contribution in [0.1, 0.15) is 33.6 Å². The molecular weight excluding hydrogens is 290 g/mol. The number of carbonyl (C=O) groups is 1. The SMILES string of the molecule is CC(C)(C)OC(=O)N1CCC[C@@H](Oc2ccc(Cl)cc2)C1. The van der Waals surface area contributed by atoms with Crippen molar-refractivity contribution >= 4 is 17.7 Å². The summed E-state index contributed by atoms with van der Waals surface area (Å²) in [7, 11) is 0. The molecule has 0 N–H and O–H groups in total. The zero-order valence-corrected chi connectivity index (χ0v) is 13.5. The Morgan fingerprint density at radius 3 is 2.57 bits per heavy atom. The minimum absolute atomic E-state index is 0.00700. The number of halogens is 1. The molecule has 1 aliphatic heterocycles. The van der Waals surface area contributed by atoms with Crippen LogP contribution in [0.5, 0.6) is 5.75 Å². The summed E-state index contributed by atoms with van der Waals surface area (Å²) in [6.45, 7) is 6.89. The minimum atomic E-state index is -0.471. The van der Waals surface area contributed by atoms with Gasteiger partial charge in [0.25, 0.3) is 0 Å². The molecule has 1 atom stereocenters. The molecule has 0 aliphatic carbocycles. The second-order valence-electron chi connectivity index (χ2n) is 6.26. The maximum absolute atomic E-state index is 12.1. The molecule has 21 heavy (non-hydrogen) atoms. The highest BCUT2D eigenvalue weighted by molar-refractivity contribution is 6.30. The number of piperidine rings is 1. The molecule has 0 unspecified atom stereocenters. The highest BCUT2D eigenvalue weighted by atomic mass is 35.5. The zero-order valence-electron chi connectivity index (χ0n) is 12.8. The van der Waals surface area contributed by atoms with Crippen LogP contribution in [0.25, 0.3) is 0 Å². The Balaban J connectivity index is 1.91. The largest absolute Gasteiger partial charge is 0.489 e. The Morgan fingerprint density at radius 2 is 1.95 bits per heavy atom. The van der Waals surface area contributed by atoms with Gasteiger partial charge in [0.05, 0.1) is 6.54 Å². The molecule has 0 saturated carbocycles. The summed E-state index contributed by atoms with van der Waals surface area (Å²) in [4.78, 5) is 13.8. The molecule has 0 aromatic heterocycles. The molecule has 1 aromatic rings. The number of ether oxygens (including phenoxy) is 2. The third-order valence-electron chi connectivity index (χ3n) is 3.15. The number of carbonyl (C=O) groups excluding carboxylic acids is 1. The van der Waals surface area contributed by atoms with Crippen molar-refractivity contribution in [3.8, 4) is 5.75 Å². The van der Waals surface area contributed by atoms with Crippen LogP contribution >= 0.6 is 11.6 Å². The normalized spacial score (nSPS) is 19.2. The summed E-state index contributed by atoms with van der Waals surface area (Å²) in [5.74, 6) is 0.774. The molecule has 1 amide bonds. The van der Waals surface area contributed by atoms with Gasteiger partial charge in [-0.15, -0.1) is 0 Å². The van der Waals surface area contributed by atoms with Crippen LogP contribution in [0.2, 0.25) is 5.02 Å². The first-order valence-electron chi connectivity index (χ1n) is 7.24. The van der Waals surface area contributed by atoms with E-state index in [1.165, 1.54) is 0 Å². The highest BCUT2D eigenvalue weighted by Crippen LogP contribution is 2.21. The second-order valence-corrected chi connectivity index (χ2v) is 6.70. The van der Waals surface area contributed by atoms with E-state index in [1.54, 1.807) is 17.0 Å². The number of likely N-dealkylation sites (tertiary alicyclic amines) is 1. The van der Waals surface area contributed by atoms with Gasteiger partial charge in [0.1, 0.15) is 17.5 Å². The van der Waals surface area contributed by atoms with Crippen molar-refractivity contribution in [3.05, 3.63) is 29.3 Å². The number of hydrogen-bond acceptors (Lipinski definition) is 3. The van der Waals surface area contributed by atoms with Gasteiger partial charge >= 0.3 is 6.09 Å². The molecule has 1 fully saturated rings.